The van der Waals surface area contributed by atoms with Crippen LogP contribution in [0.2, 0.25) is 0 Å². The second-order valence-corrected chi connectivity index (χ2v) is 11.1. The number of rotatable bonds is 7. The highest BCUT2D eigenvalue weighted by Crippen LogP contribution is 2.32. The van der Waals surface area contributed by atoms with Crippen molar-refractivity contribution in [3.05, 3.63) is 59.7 Å². The molecule has 1 N–H and O–H groups in total. The van der Waals surface area contributed by atoms with E-state index in [1.807, 2.05) is 43.7 Å². The Morgan fingerprint density at radius 2 is 1.69 bits per heavy atom. The molecule has 2 unspecified atom stereocenters. The summed E-state index contributed by atoms with van der Waals surface area (Å²) in [6, 6.07) is 7.00. The van der Waals surface area contributed by atoms with Gasteiger partial charge in [-0.15, -0.1) is 0 Å². The number of hydrogen-bond acceptors (Lipinski definition) is 7. The highest BCUT2D eigenvalue weighted by Gasteiger charge is 2.39. The molecule has 0 spiro atoms. The second-order valence-electron chi connectivity index (χ2n) is 11.1. The summed E-state index contributed by atoms with van der Waals surface area (Å²) in [5, 5.41) is 3.06. The van der Waals surface area contributed by atoms with Gasteiger partial charge in [0.15, 0.2) is 11.6 Å². The smallest absolute Gasteiger partial charge is 0.229 e. The van der Waals surface area contributed by atoms with E-state index in [0.29, 0.717) is 22.7 Å². The van der Waals surface area contributed by atoms with Crippen molar-refractivity contribution < 1.29 is 8.78 Å². The van der Waals surface area contributed by atoms with Crippen molar-refractivity contribution in [1.29, 1.82) is 0 Å². The van der Waals surface area contributed by atoms with Gasteiger partial charge in [0.25, 0.3) is 0 Å². The van der Waals surface area contributed by atoms with E-state index in [2.05, 4.69) is 42.0 Å². The fourth-order valence-electron chi connectivity index (χ4n) is 6.23. The summed E-state index contributed by atoms with van der Waals surface area (Å²) < 4.78 is 31.8. The standard InChI is InChI=1S/C29H34F2N8/c1-5-37-13-21-15-38(16-22(21)14-37)12-19-6-7-26(32-10-19)35-29-33-11-24(31)27(36-29)20-8-23(30)28-25(9-20)39(17(2)3)18(4)34-28/h6-11,17,21-22H,5,12-16H2,1-4H3,(H,32,33,35,36). The summed E-state index contributed by atoms with van der Waals surface area (Å²) in [5.74, 6) is 1.84. The third kappa shape index (κ3) is 4.98. The van der Waals surface area contributed by atoms with Crippen LogP contribution in [0.15, 0.2) is 36.7 Å². The molecule has 2 saturated heterocycles. The van der Waals surface area contributed by atoms with Crippen LogP contribution in [0, 0.1) is 30.4 Å². The molecule has 3 aromatic heterocycles. The number of nitrogens with one attached hydrogen (secondary N) is 1. The number of imidazole rings is 1. The highest BCUT2D eigenvalue weighted by atomic mass is 19.1. The molecule has 5 heterocycles. The van der Waals surface area contributed by atoms with Crippen LogP contribution < -0.4 is 5.32 Å². The average Bonchev–Trinajstić information content (AvgIpc) is 3.57. The maximum Gasteiger partial charge on any atom is 0.229 e. The van der Waals surface area contributed by atoms with E-state index in [1.54, 1.807) is 6.07 Å². The Kier molecular flexibility index (Phi) is 6.76. The monoisotopic (exact) mass is 532 g/mol. The van der Waals surface area contributed by atoms with E-state index < -0.39 is 11.6 Å². The van der Waals surface area contributed by atoms with Crippen molar-refractivity contribution in [3.8, 4) is 11.3 Å². The lowest BCUT2D eigenvalue weighted by Gasteiger charge is -2.20. The Labute approximate surface area is 227 Å². The summed E-state index contributed by atoms with van der Waals surface area (Å²) in [6.45, 7) is 14.8. The van der Waals surface area contributed by atoms with Crippen molar-refractivity contribution >= 4 is 22.8 Å². The van der Waals surface area contributed by atoms with Crippen molar-refractivity contribution in [2.75, 3.05) is 38.0 Å². The fraction of sp³-hybridized carbons (Fsp3) is 0.448. The van der Waals surface area contributed by atoms with Gasteiger partial charge in [-0.3, -0.25) is 4.90 Å². The van der Waals surface area contributed by atoms with Crippen molar-refractivity contribution in [2.45, 2.75) is 40.3 Å². The summed E-state index contributed by atoms with van der Waals surface area (Å²) >= 11 is 0. The molecule has 2 aliphatic rings. The summed E-state index contributed by atoms with van der Waals surface area (Å²) in [6.07, 6.45) is 2.95. The Morgan fingerprint density at radius 3 is 2.36 bits per heavy atom. The quantitative estimate of drug-likeness (QED) is 0.351. The van der Waals surface area contributed by atoms with Gasteiger partial charge in [0.2, 0.25) is 5.95 Å². The number of halogens is 2. The molecule has 2 aliphatic heterocycles. The van der Waals surface area contributed by atoms with Gasteiger partial charge in [0, 0.05) is 50.5 Å². The molecule has 0 radical (unpaired) electrons. The zero-order chi connectivity index (χ0) is 27.3. The first-order chi connectivity index (χ1) is 18.8. The second kappa shape index (κ2) is 10.2. The summed E-state index contributed by atoms with van der Waals surface area (Å²) in [4.78, 5) is 22.4. The van der Waals surface area contributed by atoms with Gasteiger partial charge in [0.1, 0.15) is 22.9 Å². The number of fused-ring (bicyclic) bond motifs is 2. The minimum atomic E-state index is -0.632. The first kappa shape index (κ1) is 25.8. The van der Waals surface area contributed by atoms with Crippen molar-refractivity contribution in [1.82, 2.24) is 34.3 Å². The molecule has 0 saturated carbocycles. The predicted molar refractivity (Wildman–Crippen MR) is 148 cm³/mol. The van der Waals surface area contributed by atoms with Gasteiger partial charge in [-0.2, -0.15) is 0 Å². The van der Waals surface area contributed by atoms with Gasteiger partial charge in [-0.25, -0.2) is 28.7 Å². The number of benzene rings is 1. The van der Waals surface area contributed by atoms with Gasteiger partial charge in [0.05, 0.1) is 11.7 Å². The van der Waals surface area contributed by atoms with Gasteiger partial charge < -0.3 is 14.8 Å². The average molecular weight is 533 g/mol. The van der Waals surface area contributed by atoms with Crippen molar-refractivity contribution in [2.24, 2.45) is 11.8 Å². The molecule has 8 nitrogen and oxygen atoms in total. The highest BCUT2D eigenvalue weighted by molar-refractivity contribution is 5.83. The normalized spacial score (nSPS) is 19.9. The van der Waals surface area contributed by atoms with Gasteiger partial charge in [-0.1, -0.05) is 13.0 Å². The molecule has 0 aliphatic carbocycles. The zero-order valence-electron chi connectivity index (χ0n) is 22.8. The molecule has 6 rings (SSSR count). The van der Waals surface area contributed by atoms with Crippen LogP contribution in [-0.4, -0.2) is 67.0 Å². The van der Waals surface area contributed by atoms with Gasteiger partial charge >= 0.3 is 0 Å². The molecule has 0 amide bonds. The van der Waals surface area contributed by atoms with Crippen LogP contribution >= 0.6 is 0 Å². The predicted octanol–water partition coefficient (Wildman–Crippen LogP) is 5.18. The summed E-state index contributed by atoms with van der Waals surface area (Å²) in [7, 11) is 0. The molecule has 2 fully saturated rings. The van der Waals surface area contributed by atoms with E-state index in [4.69, 9.17) is 0 Å². The third-order valence-corrected chi connectivity index (χ3v) is 8.01. The number of aryl methyl sites for hydroxylation is 1. The lowest BCUT2D eigenvalue weighted by atomic mass is 10.0. The molecular weight excluding hydrogens is 498 g/mol. The molecule has 204 valence electrons. The minimum absolute atomic E-state index is 0.0142. The third-order valence-electron chi connectivity index (χ3n) is 8.01. The Bertz CT molecular complexity index is 1490. The van der Waals surface area contributed by atoms with Crippen LogP contribution in [0.5, 0.6) is 0 Å². The maximum atomic E-state index is 15.0. The minimum Gasteiger partial charge on any atom is -0.326 e. The Balaban J connectivity index is 1.18. The molecule has 0 bridgehead atoms. The van der Waals surface area contributed by atoms with E-state index in [1.165, 1.54) is 19.2 Å². The van der Waals surface area contributed by atoms with Crippen LogP contribution in [0.4, 0.5) is 20.5 Å². The topological polar surface area (TPSA) is 75.0 Å². The fourth-order valence-corrected chi connectivity index (χ4v) is 6.23. The molecule has 39 heavy (non-hydrogen) atoms. The number of anilines is 2. The SMILES string of the molecule is CCN1CC2CN(Cc3ccc(Nc4ncc(F)c(-c5cc(F)c6nc(C)n(C(C)C)c6c5)n4)nc3)CC2C1. The zero-order valence-corrected chi connectivity index (χ0v) is 22.8. The van der Waals surface area contributed by atoms with Crippen LogP contribution in [0.3, 0.4) is 0 Å². The Hall–Kier alpha value is -3.50. The summed E-state index contributed by atoms with van der Waals surface area (Å²) in [5.41, 5.74) is 2.36. The maximum absolute atomic E-state index is 15.0. The van der Waals surface area contributed by atoms with Crippen molar-refractivity contribution in [3.63, 3.8) is 0 Å². The van der Waals surface area contributed by atoms with E-state index in [0.717, 1.165) is 49.8 Å². The molecule has 10 heteroatoms. The van der Waals surface area contributed by atoms with Gasteiger partial charge in [-0.05, 0) is 62.9 Å². The largest absolute Gasteiger partial charge is 0.326 e. The first-order valence-corrected chi connectivity index (χ1v) is 13.7. The van der Waals surface area contributed by atoms with E-state index in [9.17, 15) is 8.78 Å². The van der Waals surface area contributed by atoms with Crippen LogP contribution in [0.1, 0.15) is 38.2 Å². The van der Waals surface area contributed by atoms with E-state index in [-0.39, 0.29) is 23.2 Å². The van der Waals surface area contributed by atoms with E-state index >= 15 is 0 Å². The molecular formula is C29H34F2N8. The Morgan fingerprint density at radius 1 is 0.949 bits per heavy atom. The number of pyridine rings is 1. The molecule has 4 aromatic rings. The number of hydrogen-bond donors (Lipinski definition) is 1. The number of aromatic nitrogens is 5. The number of likely N-dealkylation sites (tertiary alicyclic amines) is 2. The van der Waals surface area contributed by atoms with Crippen LogP contribution in [-0.2, 0) is 6.54 Å². The lowest BCUT2D eigenvalue weighted by molar-refractivity contribution is 0.257. The first-order valence-electron chi connectivity index (χ1n) is 13.7. The number of nitrogens with zero attached hydrogens (tertiary/aromatic N) is 7. The molecule has 2 atom stereocenters. The van der Waals surface area contributed by atoms with Crippen LogP contribution in [0.25, 0.3) is 22.3 Å². The lowest BCUT2D eigenvalue weighted by Crippen LogP contribution is -2.28. The molecule has 1 aromatic carbocycles.